The first-order valence-electron chi connectivity index (χ1n) is 7.25. The molecule has 0 saturated carbocycles. The topological polar surface area (TPSA) is 57.8 Å². The lowest BCUT2D eigenvalue weighted by Crippen LogP contribution is -2.28. The second kappa shape index (κ2) is 5.93. The van der Waals surface area contributed by atoms with Gasteiger partial charge in [0, 0.05) is 18.9 Å². The molecule has 2 aromatic heterocycles. The molecular weight excluding hydrogens is 314 g/mol. The van der Waals surface area contributed by atoms with E-state index in [1.807, 2.05) is 6.92 Å². The molecule has 0 aliphatic carbocycles. The highest BCUT2D eigenvalue weighted by molar-refractivity contribution is 6.30. The number of imidazole rings is 1. The van der Waals surface area contributed by atoms with Gasteiger partial charge in [0.1, 0.15) is 17.1 Å². The van der Waals surface area contributed by atoms with E-state index in [1.54, 1.807) is 54.0 Å². The van der Waals surface area contributed by atoms with Crippen LogP contribution in [0.15, 0.2) is 42.6 Å². The van der Waals surface area contributed by atoms with Crippen molar-refractivity contribution in [2.75, 3.05) is 11.9 Å². The first kappa shape index (κ1) is 15.4. The van der Waals surface area contributed by atoms with Gasteiger partial charge in [0.15, 0.2) is 0 Å². The number of hydrogen-bond donors (Lipinski definition) is 1. The number of carbonyl (C=O) groups excluding carboxylic acids is 1. The fourth-order valence-electron chi connectivity index (χ4n) is 2.49. The number of phenols is 1. The summed E-state index contributed by atoms with van der Waals surface area (Å²) < 4.78 is 1.72. The van der Waals surface area contributed by atoms with Crippen molar-refractivity contribution >= 4 is 28.8 Å². The van der Waals surface area contributed by atoms with Crippen LogP contribution in [0.2, 0.25) is 5.02 Å². The molecule has 6 heteroatoms. The van der Waals surface area contributed by atoms with Crippen LogP contribution in [0.5, 0.6) is 5.75 Å². The first-order valence-corrected chi connectivity index (χ1v) is 7.62. The largest absolute Gasteiger partial charge is 0.508 e. The molecule has 0 bridgehead atoms. The summed E-state index contributed by atoms with van der Waals surface area (Å²) in [6.07, 6.45) is 2.34. The fraction of sp³-hybridized carbons (Fsp3) is 0.176. The van der Waals surface area contributed by atoms with Gasteiger partial charge >= 0.3 is 0 Å². The molecule has 0 unspecified atom stereocenters. The second-order valence-corrected chi connectivity index (χ2v) is 5.65. The van der Waals surface area contributed by atoms with E-state index >= 15 is 0 Å². The van der Waals surface area contributed by atoms with Crippen molar-refractivity contribution in [3.05, 3.63) is 59.0 Å². The number of fused-ring (bicyclic) bond motifs is 1. The SMILES string of the molecule is CCc1nc2ccc(Cl)cn2c1C(=O)N(C)c1ccc(O)cc1. The minimum absolute atomic E-state index is 0.158. The number of aromatic nitrogens is 2. The van der Waals surface area contributed by atoms with Gasteiger partial charge in [0.2, 0.25) is 0 Å². The smallest absolute Gasteiger partial charge is 0.276 e. The zero-order valence-corrected chi connectivity index (χ0v) is 13.6. The number of nitrogens with zero attached hydrogens (tertiary/aromatic N) is 3. The van der Waals surface area contributed by atoms with E-state index in [0.717, 1.165) is 5.69 Å². The number of anilines is 1. The van der Waals surface area contributed by atoms with Crippen LogP contribution in [0.4, 0.5) is 5.69 Å². The number of aryl methyl sites for hydroxylation is 1. The summed E-state index contributed by atoms with van der Waals surface area (Å²) in [6.45, 7) is 1.96. The zero-order chi connectivity index (χ0) is 16.6. The molecule has 1 N–H and O–H groups in total. The molecule has 0 saturated heterocycles. The summed E-state index contributed by atoms with van der Waals surface area (Å²) in [4.78, 5) is 19.0. The quantitative estimate of drug-likeness (QED) is 0.799. The Labute approximate surface area is 138 Å². The average molecular weight is 330 g/mol. The third-order valence-corrected chi connectivity index (χ3v) is 3.96. The van der Waals surface area contributed by atoms with E-state index < -0.39 is 0 Å². The number of rotatable bonds is 3. The highest BCUT2D eigenvalue weighted by Crippen LogP contribution is 2.22. The number of pyridine rings is 1. The van der Waals surface area contributed by atoms with Gasteiger partial charge in [-0.05, 0) is 42.8 Å². The monoisotopic (exact) mass is 329 g/mol. The van der Waals surface area contributed by atoms with Gasteiger partial charge in [0.25, 0.3) is 5.91 Å². The van der Waals surface area contributed by atoms with Gasteiger partial charge in [-0.2, -0.15) is 0 Å². The highest BCUT2D eigenvalue weighted by atomic mass is 35.5. The number of phenolic OH excluding ortho intramolecular Hbond substituents is 1. The van der Waals surface area contributed by atoms with Crippen LogP contribution in [0.3, 0.4) is 0 Å². The Morgan fingerprint density at radius 3 is 2.61 bits per heavy atom. The Morgan fingerprint density at radius 1 is 1.26 bits per heavy atom. The van der Waals surface area contributed by atoms with E-state index in [4.69, 9.17) is 11.6 Å². The van der Waals surface area contributed by atoms with Crippen molar-refractivity contribution in [1.82, 2.24) is 9.38 Å². The van der Waals surface area contributed by atoms with Gasteiger partial charge in [-0.15, -0.1) is 0 Å². The number of carbonyl (C=O) groups is 1. The number of aromatic hydroxyl groups is 1. The van der Waals surface area contributed by atoms with Crippen molar-refractivity contribution in [1.29, 1.82) is 0 Å². The molecule has 1 amide bonds. The standard InChI is InChI=1S/C17H16ClN3O2/c1-3-14-16(21-10-11(18)4-9-15(21)19-14)17(23)20(2)12-5-7-13(22)8-6-12/h4-10,22H,3H2,1-2H3. The molecule has 0 fully saturated rings. The molecule has 0 aliphatic heterocycles. The molecule has 3 aromatic rings. The van der Waals surface area contributed by atoms with Gasteiger partial charge in [-0.25, -0.2) is 4.98 Å². The Bertz CT molecular complexity index is 871. The third kappa shape index (κ3) is 2.75. The van der Waals surface area contributed by atoms with E-state index in [0.29, 0.717) is 28.5 Å². The molecule has 0 spiro atoms. The van der Waals surface area contributed by atoms with Crippen LogP contribution in [0.25, 0.3) is 5.65 Å². The maximum Gasteiger partial charge on any atom is 0.276 e. The highest BCUT2D eigenvalue weighted by Gasteiger charge is 2.22. The molecule has 5 nitrogen and oxygen atoms in total. The summed E-state index contributed by atoms with van der Waals surface area (Å²) in [7, 11) is 1.69. The lowest BCUT2D eigenvalue weighted by molar-refractivity contribution is 0.0986. The number of hydrogen-bond acceptors (Lipinski definition) is 3. The second-order valence-electron chi connectivity index (χ2n) is 5.22. The number of amides is 1. The minimum Gasteiger partial charge on any atom is -0.508 e. The molecule has 118 valence electrons. The molecule has 0 atom stereocenters. The maximum absolute atomic E-state index is 13.0. The molecular formula is C17H16ClN3O2. The Hall–Kier alpha value is -2.53. The number of benzene rings is 1. The molecule has 0 radical (unpaired) electrons. The summed E-state index contributed by atoms with van der Waals surface area (Å²) >= 11 is 6.06. The zero-order valence-electron chi connectivity index (χ0n) is 12.8. The molecule has 2 heterocycles. The molecule has 0 aliphatic rings. The normalized spacial score (nSPS) is 10.9. The van der Waals surface area contributed by atoms with Gasteiger partial charge in [-0.1, -0.05) is 18.5 Å². The van der Waals surface area contributed by atoms with Crippen LogP contribution >= 0.6 is 11.6 Å². The molecule has 1 aromatic carbocycles. The molecule has 23 heavy (non-hydrogen) atoms. The summed E-state index contributed by atoms with van der Waals surface area (Å²) in [5.74, 6) is -0.0206. The van der Waals surface area contributed by atoms with Crippen LogP contribution < -0.4 is 4.90 Å². The Balaban J connectivity index is 2.09. The predicted molar refractivity (Wildman–Crippen MR) is 90.4 cm³/mol. The van der Waals surface area contributed by atoms with E-state index in [2.05, 4.69) is 4.98 Å². The van der Waals surface area contributed by atoms with Crippen molar-refractivity contribution < 1.29 is 9.90 Å². The van der Waals surface area contributed by atoms with Crippen LogP contribution in [-0.2, 0) is 6.42 Å². The van der Waals surface area contributed by atoms with Crippen molar-refractivity contribution in [2.24, 2.45) is 0 Å². The maximum atomic E-state index is 13.0. The number of halogens is 1. The van der Waals surface area contributed by atoms with E-state index in [9.17, 15) is 9.90 Å². The lowest BCUT2D eigenvalue weighted by Gasteiger charge is -2.18. The van der Waals surface area contributed by atoms with Gasteiger partial charge in [0.05, 0.1) is 10.7 Å². The van der Waals surface area contributed by atoms with Gasteiger partial charge in [-0.3, -0.25) is 9.20 Å². The van der Waals surface area contributed by atoms with Gasteiger partial charge < -0.3 is 10.0 Å². The van der Waals surface area contributed by atoms with E-state index in [1.165, 1.54) is 4.90 Å². The average Bonchev–Trinajstić information content (AvgIpc) is 2.91. The minimum atomic E-state index is -0.178. The predicted octanol–water partition coefficient (Wildman–Crippen LogP) is 3.53. The van der Waals surface area contributed by atoms with Crippen molar-refractivity contribution in [3.63, 3.8) is 0 Å². The van der Waals surface area contributed by atoms with Crippen molar-refractivity contribution in [2.45, 2.75) is 13.3 Å². The Morgan fingerprint density at radius 2 is 1.96 bits per heavy atom. The summed E-state index contributed by atoms with van der Waals surface area (Å²) in [5.41, 5.74) is 2.60. The lowest BCUT2D eigenvalue weighted by atomic mass is 10.2. The Kier molecular flexibility index (Phi) is 3.96. The molecule has 3 rings (SSSR count). The summed E-state index contributed by atoms with van der Waals surface area (Å²) in [5, 5.41) is 9.92. The fourth-order valence-corrected chi connectivity index (χ4v) is 2.65. The first-order chi connectivity index (χ1) is 11.0. The van der Waals surface area contributed by atoms with Crippen LogP contribution in [-0.4, -0.2) is 27.4 Å². The third-order valence-electron chi connectivity index (χ3n) is 3.73. The van der Waals surface area contributed by atoms with Crippen LogP contribution in [0, 0.1) is 0 Å². The van der Waals surface area contributed by atoms with E-state index in [-0.39, 0.29) is 11.7 Å². The summed E-state index contributed by atoms with van der Waals surface area (Å²) in [6, 6.07) is 10.0. The van der Waals surface area contributed by atoms with Crippen LogP contribution in [0.1, 0.15) is 23.1 Å². The van der Waals surface area contributed by atoms with Crippen molar-refractivity contribution in [3.8, 4) is 5.75 Å².